The minimum absolute atomic E-state index is 0.0415. The number of sulfonamides is 1. The fourth-order valence-electron chi connectivity index (χ4n) is 6.66. The summed E-state index contributed by atoms with van der Waals surface area (Å²) in [6.45, 7) is 9.36. The van der Waals surface area contributed by atoms with Crippen LogP contribution < -0.4 is 15.2 Å². The van der Waals surface area contributed by atoms with E-state index in [1.165, 1.54) is 7.05 Å². The van der Waals surface area contributed by atoms with Crippen molar-refractivity contribution in [3.05, 3.63) is 81.9 Å². The molecule has 12 heteroatoms. The van der Waals surface area contributed by atoms with Crippen LogP contribution in [0.1, 0.15) is 66.0 Å². The number of ether oxygens (including phenoxy) is 2. The van der Waals surface area contributed by atoms with E-state index in [9.17, 15) is 23.1 Å². The van der Waals surface area contributed by atoms with Gasteiger partial charge in [0, 0.05) is 31.5 Å². The zero-order chi connectivity index (χ0) is 34.3. The lowest BCUT2D eigenvalue weighted by atomic mass is 9.94. The number of guanidine groups is 1. The third kappa shape index (κ3) is 6.64. The SMILES string of the molecule is Cc1c(C)c(S(=O)(=O)NC(N)=NCCC[C@@H](C(=O)O)N(C)C(=O)OCC2c3ccccc3-c3ccccc32)c(C)c2c1OC(C)(C)C2. The van der Waals surface area contributed by atoms with Crippen LogP contribution >= 0.6 is 0 Å². The first kappa shape index (κ1) is 33.8. The van der Waals surface area contributed by atoms with E-state index >= 15 is 0 Å². The molecule has 1 aliphatic heterocycles. The number of likely N-dealkylation sites (N-methyl/N-ethyl adjacent to an activating group) is 1. The molecule has 0 unspecified atom stereocenters. The van der Waals surface area contributed by atoms with Gasteiger partial charge in [-0.1, -0.05) is 48.5 Å². The van der Waals surface area contributed by atoms with Crippen LogP contribution in [0, 0.1) is 20.8 Å². The number of carboxylic acids is 1. The summed E-state index contributed by atoms with van der Waals surface area (Å²) in [6, 6.07) is 14.7. The van der Waals surface area contributed by atoms with Gasteiger partial charge in [-0.15, -0.1) is 0 Å². The number of aliphatic imine (C=N–C) groups is 1. The van der Waals surface area contributed by atoms with Crippen LogP contribution in [-0.2, 0) is 26.0 Å². The topological polar surface area (TPSA) is 161 Å². The maximum atomic E-state index is 13.4. The van der Waals surface area contributed by atoms with E-state index in [1.54, 1.807) is 13.8 Å². The Morgan fingerprint density at radius 1 is 1.06 bits per heavy atom. The summed E-state index contributed by atoms with van der Waals surface area (Å²) in [6.07, 6.45) is 0.107. The number of amides is 1. The Balaban J connectivity index is 1.18. The van der Waals surface area contributed by atoms with Crippen molar-refractivity contribution in [3.8, 4) is 16.9 Å². The zero-order valence-corrected chi connectivity index (χ0v) is 28.4. The molecule has 1 heterocycles. The summed E-state index contributed by atoms with van der Waals surface area (Å²) >= 11 is 0. The number of nitrogens with zero attached hydrogens (tertiary/aromatic N) is 2. The lowest BCUT2D eigenvalue weighted by molar-refractivity contribution is -0.142. The van der Waals surface area contributed by atoms with Gasteiger partial charge in [-0.3, -0.25) is 9.89 Å². The summed E-state index contributed by atoms with van der Waals surface area (Å²) in [5, 5.41) is 9.88. The second-order valence-electron chi connectivity index (χ2n) is 12.8. The standard InChI is InChI=1S/C35H42N4O7S/c1-20-21(2)31(22(3)27-18-35(4,5)46-30(20)27)47(43,44)38-33(36)37-17-11-16-29(32(40)41)39(6)34(42)45-19-28-25-14-9-7-12-23(25)24-13-8-10-15-26(24)28/h7-10,12-15,28-29H,11,16-19H2,1-6H3,(H,40,41)(H3,36,37,38)/t29-/m0/s1. The zero-order valence-electron chi connectivity index (χ0n) is 27.6. The quantitative estimate of drug-likeness (QED) is 0.155. The summed E-state index contributed by atoms with van der Waals surface area (Å²) in [5.41, 5.74) is 12.6. The minimum Gasteiger partial charge on any atom is -0.487 e. The van der Waals surface area contributed by atoms with E-state index in [1.807, 2.05) is 69.3 Å². The van der Waals surface area contributed by atoms with Crippen molar-refractivity contribution in [2.45, 2.75) is 76.3 Å². The smallest absolute Gasteiger partial charge is 0.410 e. The molecule has 0 aromatic heterocycles. The highest BCUT2D eigenvalue weighted by Crippen LogP contribution is 2.45. The van der Waals surface area contributed by atoms with Crippen molar-refractivity contribution >= 4 is 28.0 Å². The normalized spacial score (nSPS) is 15.7. The molecule has 11 nitrogen and oxygen atoms in total. The van der Waals surface area contributed by atoms with Crippen LogP contribution in [0.15, 0.2) is 58.4 Å². The molecule has 3 aromatic carbocycles. The van der Waals surface area contributed by atoms with Gasteiger partial charge in [-0.25, -0.2) is 22.7 Å². The van der Waals surface area contributed by atoms with Gasteiger partial charge in [0.2, 0.25) is 5.96 Å². The van der Waals surface area contributed by atoms with Crippen molar-refractivity contribution in [2.24, 2.45) is 10.7 Å². The number of rotatable bonds is 10. The maximum Gasteiger partial charge on any atom is 0.410 e. The first-order valence-electron chi connectivity index (χ1n) is 15.6. The molecule has 0 saturated heterocycles. The number of hydrogen-bond donors (Lipinski definition) is 3. The number of carboxylic acid groups (broad SMARTS) is 1. The molecule has 0 bridgehead atoms. The molecule has 0 radical (unpaired) electrons. The molecule has 2 aliphatic rings. The van der Waals surface area contributed by atoms with Crippen LogP contribution in [0.3, 0.4) is 0 Å². The number of carbonyl (C=O) groups is 2. The molecule has 250 valence electrons. The van der Waals surface area contributed by atoms with Crippen LogP contribution in [0.2, 0.25) is 0 Å². The van der Waals surface area contributed by atoms with E-state index in [-0.39, 0.29) is 42.8 Å². The predicted molar refractivity (Wildman–Crippen MR) is 179 cm³/mol. The average Bonchev–Trinajstić information content (AvgIpc) is 3.52. The van der Waals surface area contributed by atoms with Gasteiger partial charge in [0.25, 0.3) is 10.0 Å². The number of aliphatic carboxylic acids is 1. The molecule has 0 fully saturated rings. The Labute approximate surface area is 275 Å². The lowest BCUT2D eigenvalue weighted by Gasteiger charge is -2.25. The molecule has 0 saturated carbocycles. The Morgan fingerprint density at radius 2 is 1.66 bits per heavy atom. The largest absolute Gasteiger partial charge is 0.487 e. The molecular weight excluding hydrogens is 620 g/mol. The Bertz CT molecular complexity index is 1820. The van der Waals surface area contributed by atoms with Crippen molar-refractivity contribution in [3.63, 3.8) is 0 Å². The molecule has 1 aliphatic carbocycles. The Morgan fingerprint density at radius 3 is 2.26 bits per heavy atom. The molecule has 1 atom stereocenters. The average molecular weight is 663 g/mol. The van der Waals surface area contributed by atoms with E-state index in [0.717, 1.165) is 44.0 Å². The molecule has 1 amide bonds. The van der Waals surface area contributed by atoms with Crippen molar-refractivity contribution in [2.75, 3.05) is 20.2 Å². The van der Waals surface area contributed by atoms with Gasteiger partial charge in [0.15, 0.2) is 0 Å². The first-order chi connectivity index (χ1) is 22.1. The highest BCUT2D eigenvalue weighted by atomic mass is 32.2. The second-order valence-corrected chi connectivity index (χ2v) is 14.5. The Kier molecular flexibility index (Phi) is 9.27. The number of benzene rings is 3. The van der Waals surface area contributed by atoms with E-state index in [2.05, 4.69) is 9.71 Å². The molecule has 3 aromatic rings. The van der Waals surface area contributed by atoms with Gasteiger partial charge in [-0.05, 0) is 86.4 Å². The van der Waals surface area contributed by atoms with Gasteiger partial charge in [0.1, 0.15) is 24.0 Å². The summed E-state index contributed by atoms with van der Waals surface area (Å²) in [5.74, 6) is -0.932. The fourth-order valence-corrected chi connectivity index (χ4v) is 8.18. The van der Waals surface area contributed by atoms with E-state index < -0.39 is 33.7 Å². The van der Waals surface area contributed by atoms with Crippen molar-refractivity contribution in [1.29, 1.82) is 0 Å². The summed E-state index contributed by atoms with van der Waals surface area (Å²) in [7, 11) is -2.68. The van der Waals surface area contributed by atoms with Crippen LogP contribution in [-0.4, -0.2) is 68.3 Å². The van der Waals surface area contributed by atoms with Crippen LogP contribution in [0.5, 0.6) is 5.75 Å². The number of fused-ring (bicyclic) bond motifs is 4. The highest BCUT2D eigenvalue weighted by molar-refractivity contribution is 7.90. The van der Waals surface area contributed by atoms with Gasteiger partial charge >= 0.3 is 12.1 Å². The predicted octanol–water partition coefficient (Wildman–Crippen LogP) is 5.03. The number of nitrogens with one attached hydrogen (secondary N) is 1. The van der Waals surface area contributed by atoms with E-state index in [0.29, 0.717) is 17.5 Å². The van der Waals surface area contributed by atoms with Gasteiger partial charge < -0.3 is 20.3 Å². The maximum absolute atomic E-state index is 13.4. The third-order valence-corrected chi connectivity index (χ3v) is 10.7. The van der Waals surface area contributed by atoms with E-state index in [4.69, 9.17) is 15.2 Å². The minimum atomic E-state index is -4.07. The lowest BCUT2D eigenvalue weighted by Crippen LogP contribution is -2.43. The third-order valence-electron chi connectivity index (χ3n) is 9.09. The van der Waals surface area contributed by atoms with Crippen molar-refractivity contribution < 1.29 is 32.6 Å². The highest BCUT2D eigenvalue weighted by Gasteiger charge is 2.37. The number of hydrogen-bond acceptors (Lipinski definition) is 7. The number of carbonyl (C=O) groups excluding carboxylic acids is 1. The van der Waals surface area contributed by atoms with Crippen LogP contribution in [0.25, 0.3) is 11.1 Å². The first-order valence-corrected chi connectivity index (χ1v) is 17.1. The molecule has 5 rings (SSSR count). The molecule has 0 spiro atoms. The van der Waals surface area contributed by atoms with Crippen molar-refractivity contribution in [1.82, 2.24) is 9.62 Å². The molecule has 4 N–H and O–H groups in total. The van der Waals surface area contributed by atoms with Crippen LogP contribution in [0.4, 0.5) is 4.79 Å². The second kappa shape index (κ2) is 12.9. The Hall–Kier alpha value is -4.58. The van der Waals surface area contributed by atoms with Gasteiger partial charge in [-0.2, -0.15) is 0 Å². The summed E-state index contributed by atoms with van der Waals surface area (Å²) in [4.78, 5) is 30.4. The monoisotopic (exact) mass is 662 g/mol. The fraction of sp³-hybridized carbons (Fsp3) is 0.400. The molecular formula is C35H42N4O7S. The number of nitrogens with two attached hydrogens (primary N) is 1. The molecule has 47 heavy (non-hydrogen) atoms. The summed E-state index contributed by atoms with van der Waals surface area (Å²) < 4.78 is 41.0. The van der Waals surface area contributed by atoms with Gasteiger partial charge in [0.05, 0.1) is 4.90 Å².